The van der Waals surface area contributed by atoms with Crippen LogP contribution < -0.4 is 0 Å². The number of aromatic hydroxyl groups is 1. The Hall–Kier alpha value is -1.02. The van der Waals surface area contributed by atoms with Crippen molar-refractivity contribution in [3.8, 4) is 5.75 Å². The Balaban J connectivity index is 0.00000121. The Bertz CT molecular complexity index is 271. The topological polar surface area (TPSA) is 37.3 Å². The average Bonchev–Trinajstić information content (AvgIpc) is 2.04. The van der Waals surface area contributed by atoms with Crippen molar-refractivity contribution < 1.29 is 9.90 Å². The van der Waals surface area contributed by atoms with Crippen molar-refractivity contribution in [1.29, 1.82) is 0 Å². The lowest BCUT2D eigenvalue weighted by atomic mass is 10.1. The minimum Gasteiger partial charge on any atom is -0.507 e. The maximum absolute atomic E-state index is 11.1. The molecule has 0 aromatic heterocycles. The summed E-state index contributed by atoms with van der Waals surface area (Å²) in [6, 6.07) is 6.58. The predicted octanol–water partition coefficient (Wildman–Crippen LogP) is 2.41. The van der Waals surface area contributed by atoms with Crippen molar-refractivity contribution in [2.45, 2.75) is 13.3 Å². The van der Waals surface area contributed by atoms with E-state index in [2.05, 4.69) is 0 Å². The summed E-state index contributed by atoms with van der Waals surface area (Å²) < 4.78 is 0. The van der Waals surface area contributed by atoms with E-state index in [1.54, 1.807) is 25.1 Å². The quantitative estimate of drug-likeness (QED) is 0.721. The van der Waals surface area contributed by atoms with Gasteiger partial charge in [-0.1, -0.05) is 19.1 Å². The number of hydrogen-bond donors (Lipinski definition) is 1. The van der Waals surface area contributed by atoms with Crippen LogP contribution in [0, 0.1) is 0 Å². The molecule has 3 heteroatoms. The number of halogens is 1. The number of carbonyl (C=O) groups excluding carboxylic acids is 1. The smallest absolute Gasteiger partial charge is 0.166 e. The van der Waals surface area contributed by atoms with Crippen molar-refractivity contribution in [2.24, 2.45) is 0 Å². The maximum atomic E-state index is 11.1. The van der Waals surface area contributed by atoms with E-state index in [0.717, 1.165) is 0 Å². The average molecular weight is 187 g/mol. The van der Waals surface area contributed by atoms with E-state index in [0.29, 0.717) is 12.0 Å². The van der Waals surface area contributed by atoms with Crippen LogP contribution in [0.1, 0.15) is 23.7 Å². The van der Waals surface area contributed by atoms with Gasteiger partial charge in [-0.05, 0) is 12.1 Å². The molecule has 0 amide bonds. The summed E-state index contributed by atoms with van der Waals surface area (Å²) in [5.41, 5.74) is 0.412. The SMILES string of the molecule is CCC(=O)c1ccccc1O.Cl. The first-order valence-corrected chi connectivity index (χ1v) is 3.57. The zero-order valence-electron chi connectivity index (χ0n) is 6.78. The molecule has 0 saturated heterocycles. The van der Waals surface area contributed by atoms with Gasteiger partial charge in [0.1, 0.15) is 5.75 Å². The maximum Gasteiger partial charge on any atom is 0.166 e. The molecule has 66 valence electrons. The molecule has 0 bridgehead atoms. The lowest BCUT2D eigenvalue weighted by molar-refractivity contribution is 0.0985. The molecule has 2 nitrogen and oxygen atoms in total. The molecule has 12 heavy (non-hydrogen) atoms. The fourth-order valence-electron chi connectivity index (χ4n) is 0.900. The Kier molecular flexibility index (Phi) is 4.37. The van der Waals surface area contributed by atoms with Crippen LogP contribution in [0.5, 0.6) is 5.75 Å². The molecule has 0 aliphatic rings. The second-order valence-electron chi connectivity index (χ2n) is 2.29. The van der Waals surface area contributed by atoms with Crippen molar-refractivity contribution in [3.63, 3.8) is 0 Å². The number of rotatable bonds is 2. The number of hydrogen-bond acceptors (Lipinski definition) is 2. The molecule has 0 aliphatic carbocycles. The lowest BCUT2D eigenvalue weighted by Crippen LogP contribution is -1.95. The Morgan fingerprint density at radius 1 is 1.42 bits per heavy atom. The van der Waals surface area contributed by atoms with Crippen LogP contribution in [-0.4, -0.2) is 10.9 Å². The predicted molar refractivity (Wildman–Crippen MR) is 50.0 cm³/mol. The summed E-state index contributed by atoms with van der Waals surface area (Å²) in [4.78, 5) is 11.1. The molecular formula is C9H11ClO2. The third kappa shape index (κ3) is 2.24. The molecule has 1 N–H and O–H groups in total. The van der Waals surface area contributed by atoms with Gasteiger partial charge in [0.25, 0.3) is 0 Å². The third-order valence-electron chi connectivity index (χ3n) is 1.53. The highest BCUT2D eigenvalue weighted by atomic mass is 35.5. The van der Waals surface area contributed by atoms with Gasteiger partial charge in [0.15, 0.2) is 5.78 Å². The first-order valence-electron chi connectivity index (χ1n) is 3.57. The first kappa shape index (κ1) is 11.0. The molecule has 0 unspecified atom stereocenters. The van der Waals surface area contributed by atoms with Gasteiger partial charge in [-0.25, -0.2) is 0 Å². The minimum atomic E-state index is -0.0249. The molecule has 0 fully saturated rings. The summed E-state index contributed by atoms with van der Waals surface area (Å²) in [6.45, 7) is 1.77. The highest BCUT2D eigenvalue weighted by Gasteiger charge is 2.06. The number of benzene rings is 1. The van der Waals surface area contributed by atoms with Crippen molar-refractivity contribution in [3.05, 3.63) is 29.8 Å². The molecule has 1 aromatic rings. The van der Waals surface area contributed by atoms with Gasteiger partial charge in [0.05, 0.1) is 5.56 Å². The van der Waals surface area contributed by atoms with E-state index < -0.39 is 0 Å². The van der Waals surface area contributed by atoms with Crippen LogP contribution in [0.25, 0.3) is 0 Å². The zero-order valence-corrected chi connectivity index (χ0v) is 7.60. The van der Waals surface area contributed by atoms with Gasteiger partial charge < -0.3 is 5.11 Å². The largest absolute Gasteiger partial charge is 0.507 e. The number of phenols is 1. The van der Waals surface area contributed by atoms with Gasteiger partial charge in [-0.2, -0.15) is 0 Å². The normalized spacial score (nSPS) is 8.75. The Morgan fingerprint density at radius 2 is 2.00 bits per heavy atom. The van der Waals surface area contributed by atoms with Crippen molar-refractivity contribution in [1.82, 2.24) is 0 Å². The van der Waals surface area contributed by atoms with E-state index in [1.807, 2.05) is 0 Å². The second kappa shape index (κ2) is 4.78. The zero-order chi connectivity index (χ0) is 8.27. The number of carbonyl (C=O) groups is 1. The van der Waals surface area contributed by atoms with Crippen molar-refractivity contribution >= 4 is 18.2 Å². The first-order chi connectivity index (χ1) is 5.25. The van der Waals surface area contributed by atoms with Gasteiger partial charge in [-0.3, -0.25) is 4.79 Å². The minimum absolute atomic E-state index is 0. The van der Waals surface area contributed by atoms with Crippen molar-refractivity contribution in [2.75, 3.05) is 0 Å². The summed E-state index contributed by atoms with van der Waals surface area (Å²) >= 11 is 0. The summed E-state index contributed by atoms with van der Waals surface area (Å²) in [5.74, 6) is 0.0439. The van der Waals surface area contributed by atoms with Crippen LogP contribution in [-0.2, 0) is 0 Å². The number of phenolic OH excluding ortho intramolecular Hbond substituents is 1. The number of Topliss-reactive ketones (excluding diaryl/α,β-unsaturated/α-hetero) is 1. The molecule has 1 rings (SSSR count). The number of para-hydroxylation sites is 1. The van der Waals surface area contributed by atoms with E-state index in [9.17, 15) is 9.90 Å². The van der Waals surface area contributed by atoms with Gasteiger partial charge >= 0.3 is 0 Å². The summed E-state index contributed by atoms with van der Waals surface area (Å²) in [5, 5.41) is 9.19. The molecule has 0 atom stereocenters. The molecule has 0 saturated carbocycles. The van der Waals surface area contributed by atoms with Crippen LogP contribution in [0.2, 0.25) is 0 Å². The molecule has 1 aromatic carbocycles. The summed E-state index contributed by atoms with van der Waals surface area (Å²) in [6.07, 6.45) is 0.428. The van der Waals surface area contributed by atoms with E-state index in [1.165, 1.54) is 6.07 Å². The van der Waals surface area contributed by atoms with E-state index in [4.69, 9.17) is 0 Å². The van der Waals surface area contributed by atoms with E-state index >= 15 is 0 Å². The van der Waals surface area contributed by atoms with Crippen LogP contribution in [0.4, 0.5) is 0 Å². The highest BCUT2D eigenvalue weighted by Crippen LogP contribution is 2.16. The van der Waals surface area contributed by atoms with Gasteiger partial charge in [-0.15, -0.1) is 12.4 Å². The highest BCUT2D eigenvalue weighted by molar-refractivity contribution is 5.98. The molecule has 0 radical (unpaired) electrons. The molecule has 0 heterocycles. The summed E-state index contributed by atoms with van der Waals surface area (Å²) in [7, 11) is 0. The fraction of sp³-hybridized carbons (Fsp3) is 0.222. The molecule has 0 spiro atoms. The molecule has 0 aliphatic heterocycles. The lowest BCUT2D eigenvalue weighted by Gasteiger charge is -1.99. The monoisotopic (exact) mass is 186 g/mol. The Labute approximate surface area is 77.6 Å². The van der Waals surface area contributed by atoms with Gasteiger partial charge in [0, 0.05) is 6.42 Å². The van der Waals surface area contributed by atoms with Crippen LogP contribution >= 0.6 is 12.4 Å². The standard InChI is InChI=1S/C9H10O2.ClH/c1-2-8(10)7-5-3-4-6-9(7)11;/h3-6,11H,2H2,1H3;1H. The Morgan fingerprint density at radius 3 is 2.50 bits per heavy atom. The van der Waals surface area contributed by atoms with Gasteiger partial charge in [0.2, 0.25) is 0 Å². The van der Waals surface area contributed by atoms with Crippen LogP contribution in [0.3, 0.4) is 0 Å². The fourth-order valence-corrected chi connectivity index (χ4v) is 0.900. The second-order valence-corrected chi connectivity index (χ2v) is 2.29. The molecular weight excluding hydrogens is 176 g/mol. The number of ketones is 1. The van der Waals surface area contributed by atoms with E-state index in [-0.39, 0.29) is 23.9 Å². The van der Waals surface area contributed by atoms with Crippen LogP contribution in [0.15, 0.2) is 24.3 Å². The third-order valence-corrected chi connectivity index (χ3v) is 1.53.